The van der Waals surface area contributed by atoms with Crippen LogP contribution in [0.2, 0.25) is 0 Å². The predicted octanol–water partition coefficient (Wildman–Crippen LogP) is 2.50. The summed E-state index contributed by atoms with van der Waals surface area (Å²) in [6, 6.07) is 11.2. The van der Waals surface area contributed by atoms with Crippen LogP contribution in [0.1, 0.15) is 21.5 Å². The maximum Gasteiger partial charge on any atom is 0.335 e. The second-order valence-electron chi connectivity index (χ2n) is 5.13. The fraction of sp³-hybridized carbons (Fsp3) is 0.294. The SMILES string of the molecule is CN(CCc1cccnc1)CCc1ccccc1C(=O)O. The topological polar surface area (TPSA) is 53.4 Å². The summed E-state index contributed by atoms with van der Waals surface area (Å²) in [6.45, 7) is 1.77. The Balaban J connectivity index is 1.84. The van der Waals surface area contributed by atoms with Crippen LogP contribution < -0.4 is 0 Å². The number of carboxylic acid groups (broad SMARTS) is 1. The lowest BCUT2D eigenvalue weighted by molar-refractivity contribution is 0.0695. The number of carbonyl (C=O) groups is 1. The number of carboxylic acids is 1. The molecule has 2 rings (SSSR count). The highest BCUT2D eigenvalue weighted by Gasteiger charge is 2.09. The van der Waals surface area contributed by atoms with Gasteiger partial charge in [-0.1, -0.05) is 24.3 Å². The number of nitrogens with zero attached hydrogens (tertiary/aromatic N) is 2. The van der Waals surface area contributed by atoms with Gasteiger partial charge in [-0.15, -0.1) is 0 Å². The number of aromatic carboxylic acids is 1. The van der Waals surface area contributed by atoms with Crippen molar-refractivity contribution in [2.75, 3.05) is 20.1 Å². The summed E-state index contributed by atoms with van der Waals surface area (Å²) in [5.41, 5.74) is 2.51. The first kappa shape index (κ1) is 15.2. The zero-order valence-corrected chi connectivity index (χ0v) is 12.2. The van der Waals surface area contributed by atoms with Crippen LogP contribution in [0.5, 0.6) is 0 Å². The average molecular weight is 284 g/mol. The summed E-state index contributed by atoms with van der Waals surface area (Å²) in [4.78, 5) is 17.5. The molecule has 1 aromatic heterocycles. The van der Waals surface area contributed by atoms with E-state index in [2.05, 4.69) is 23.0 Å². The molecule has 0 spiro atoms. The van der Waals surface area contributed by atoms with Crippen LogP contribution in [0.3, 0.4) is 0 Å². The minimum Gasteiger partial charge on any atom is -0.478 e. The predicted molar refractivity (Wildman–Crippen MR) is 82.5 cm³/mol. The lowest BCUT2D eigenvalue weighted by atomic mass is 10.0. The van der Waals surface area contributed by atoms with Gasteiger partial charge < -0.3 is 10.0 Å². The Morgan fingerprint density at radius 1 is 1.14 bits per heavy atom. The maximum absolute atomic E-state index is 11.2. The highest BCUT2D eigenvalue weighted by atomic mass is 16.4. The van der Waals surface area contributed by atoms with E-state index in [1.165, 1.54) is 5.56 Å². The molecule has 0 fully saturated rings. The summed E-state index contributed by atoms with van der Waals surface area (Å²) >= 11 is 0. The van der Waals surface area contributed by atoms with E-state index in [-0.39, 0.29) is 0 Å². The summed E-state index contributed by atoms with van der Waals surface area (Å²) in [5.74, 6) is -0.858. The van der Waals surface area contributed by atoms with Gasteiger partial charge in [0.2, 0.25) is 0 Å². The summed E-state index contributed by atoms with van der Waals surface area (Å²) in [7, 11) is 2.06. The zero-order chi connectivity index (χ0) is 15.1. The first-order valence-corrected chi connectivity index (χ1v) is 7.05. The van der Waals surface area contributed by atoms with Crippen LogP contribution >= 0.6 is 0 Å². The van der Waals surface area contributed by atoms with Crippen LogP contribution in [-0.4, -0.2) is 41.1 Å². The largest absolute Gasteiger partial charge is 0.478 e. The van der Waals surface area contributed by atoms with Crippen LogP contribution in [0, 0.1) is 0 Å². The van der Waals surface area contributed by atoms with Gasteiger partial charge in [-0.25, -0.2) is 4.79 Å². The van der Waals surface area contributed by atoms with Crippen LogP contribution in [0.15, 0.2) is 48.8 Å². The molecule has 0 aliphatic heterocycles. The molecule has 0 unspecified atom stereocenters. The first-order chi connectivity index (χ1) is 10.2. The third kappa shape index (κ3) is 4.68. The van der Waals surface area contributed by atoms with Gasteiger partial charge in [0.25, 0.3) is 0 Å². The summed E-state index contributed by atoms with van der Waals surface area (Å²) in [6.07, 6.45) is 5.35. The second kappa shape index (κ2) is 7.55. The van der Waals surface area contributed by atoms with Crippen molar-refractivity contribution in [2.45, 2.75) is 12.8 Å². The zero-order valence-electron chi connectivity index (χ0n) is 12.2. The van der Waals surface area contributed by atoms with Gasteiger partial charge >= 0.3 is 5.97 Å². The lowest BCUT2D eigenvalue weighted by Crippen LogP contribution is -2.24. The Labute approximate surface area is 125 Å². The minimum atomic E-state index is -0.858. The summed E-state index contributed by atoms with van der Waals surface area (Å²) < 4.78 is 0. The van der Waals surface area contributed by atoms with Crippen molar-refractivity contribution < 1.29 is 9.90 Å². The molecule has 0 amide bonds. The molecule has 0 bridgehead atoms. The first-order valence-electron chi connectivity index (χ1n) is 7.05. The third-order valence-electron chi connectivity index (χ3n) is 3.52. The molecule has 4 nitrogen and oxygen atoms in total. The molecule has 0 saturated carbocycles. The van der Waals surface area contributed by atoms with E-state index in [9.17, 15) is 4.79 Å². The quantitative estimate of drug-likeness (QED) is 0.848. The maximum atomic E-state index is 11.2. The van der Waals surface area contributed by atoms with Gasteiger partial charge in [-0.05, 0) is 43.1 Å². The van der Waals surface area contributed by atoms with Crippen molar-refractivity contribution in [3.05, 3.63) is 65.5 Å². The van der Waals surface area contributed by atoms with Gasteiger partial charge in [-0.2, -0.15) is 0 Å². The van der Waals surface area contributed by atoms with Crippen LogP contribution in [0.4, 0.5) is 0 Å². The average Bonchev–Trinajstić information content (AvgIpc) is 2.52. The Kier molecular flexibility index (Phi) is 5.46. The minimum absolute atomic E-state index is 0.401. The Morgan fingerprint density at radius 3 is 2.62 bits per heavy atom. The molecule has 0 atom stereocenters. The highest BCUT2D eigenvalue weighted by molar-refractivity contribution is 5.89. The molecule has 1 aromatic carbocycles. The molecule has 0 aliphatic rings. The van der Waals surface area contributed by atoms with Gasteiger partial charge in [0.05, 0.1) is 5.56 Å². The van der Waals surface area contributed by atoms with E-state index in [0.717, 1.165) is 31.5 Å². The van der Waals surface area contributed by atoms with Crippen molar-refractivity contribution in [3.8, 4) is 0 Å². The van der Waals surface area contributed by atoms with Crippen LogP contribution in [0.25, 0.3) is 0 Å². The van der Waals surface area contributed by atoms with Gasteiger partial charge in [0.15, 0.2) is 0 Å². The number of aromatic nitrogens is 1. The molecule has 0 aliphatic carbocycles. The van der Waals surface area contributed by atoms with Crippen molar-refractivity contribution >= 4 is 5.97 Å². The van der Waals surface area contributed by atoms with E-state index in [1.807, 2.05) is 24.4 Å². The molecule has 1 heterocycles. The molecule has 4 heteroatoms. The van der Waals surface area contributed by atoms with E-state index < -0.39 is 5.97 Å². The standard InChI is InChI=1S/C17H20N2O2/c1-19(11-8-14-5-4-10-18-13-14)12-9-15-6-2-3-7-16(15)17(20)21/h2-7,10,13H,8-9,11-12H2,1H3,(H,20,21). The van der Waals surface area contributed by atoms with E-state index in [1.54, 1.807) is 18.3 Å². The van der Waals surface area contributed by atoms with Crippen molar-refractivity contribution in [1.82, 2.24) is 9.88 Å². The Bertz CT molecular complexity index is 584. The van der Waals surface area contributed by atoms with Crippen LogP contribution in [-0.2, 0) is 12.8 Å². The number of benzene rings is 1. The number of hydrogen-bond acceptors (Lipinski definition) is 3. The number of rotatable bonds is 7. The smallest absolute Gasteiger partial charge is 0.335 e. The summed E-state index contributed by atoms with van der Waals surface area (Å²) in [5, 5.41) is 9.16. The number of hydrogen-bond donors (Lipinski definition) is 1. The molecule has 0 saturated heterocycles. The highest BCUT2D eigenvalue weighted by Crippen LogP contribution is 2.10. The lowest BCUT2D eigenvalue weighted by Gasteiger charge is -2.17. The second-order valence-corrected chi connectivity index (χ2v) is 5.13. The Morgan fingerprint density at radius 2 is 1.90 bits per heavy atom. The molecular weight excluding hydrogens is 264 g/mol. The number of pyridine rings is 1. The van der Waals surface area contributed by atoms with Crippen molar-refractivity contribution in [2.24, 2.45) is 0 Å². The monoisotopic (exact) mass is 284 g/mol. The van der Waals surface area contributed by atoms with Crippen molar-refractivity contribution in [1.29, 1.82) is 0 Å². The molecule has 0 radical (unpaired) electrons. The molecule has 21 heavy (non-hydrogen) atoms. The Hall–Kier alpha value is -2.20. The van der Waals surface area contributed by atoms with Gasteiger partial charge in [0.1, 0.15) is 0 Å². The van der Waals surface area contributed by atoms with Crippen molar-refractivity contribution in [3.63, 3.8) is 0 Å². The molecular formula is C17H20N2O2. The fourth-order valence-corrected chi connectivity index (χ4v) is 2.24. The molecule has 2 aromatic rings. The molecule has 1 N–H and O–H groups in total. The van der Waals surface area contributed by atoms with E-state index in [0.29, 0.717) is 5.56 Å². The third-order valence-corrected chi connectivity index (χ3v) is 3.52. The van der Waals surface area contributed by atoms with Gasteiger partial charge in [0, 0.05) is 25.5 Å². The number of likely N-dealkylation sites (N-methyl/N-ethyl adjacent to an activating group) is 1. The van der Waals surface area contributed by atoms with E-state index in [4.69, 9.17) is 5.11 Å². The van der Waals surface area contributed by atoms with E-state index >= 15 is 0 Å². The fourth-order valence-electron chi connectivity index (χ4n) is 2.24. The van der Waals surface area contributed by atoms with Gasteiger partial charge in [-0.3, -0.25) is 4.98 Å². The normalized spacial score (nSPS) is 10.8. The molecule has 110 valence electrons.